The maximum atomic E-state index is 13.0. The van der Waals surface area contributed by atoms with Crippen molar-refractivity contribution in [2.75, 3.05) is 6.61 Å². The minimum Gasteiger partial charge on any atom is -0.490 e. The van der Waals surface area contributed by atoms with Gasteiger partial charge in [-0.05, 0) is 53.7 Å². The second kappa shape index (κ2) is 8.75. The molecule has 9 heteroatoms. The van der Waals surface area contributed by atoms with Crippen molar-refractivity contribution >= 4 is 46.2 Å². The van der Waals surface area contributed by atoms with Gasteiger partial charge in [0.1, 0.15) is 12.4 Å². The Bertz CT molecular complexity index is 1000. The molecular formula is C20H14ClF3N2O2S. The van der Waals surface area contributed by atoms with Crippen molar-refractivity contribution in [2.24, 2.45) is 4.99 Å². The van der Waals surface area contributed by atoms with Crippen LogP contribution in [0.4, 0.5) is 18.9 Å². The number of hydrogen-bond donors (Lipinski definition) is 1. The molecule has 0 spiro atoms. The molecule has 2 aromatic carbocycles. The molecule has 1 N–H and O–H groups in total. The molecule has 2 aromatic rings. The number of halogens is 4. The number of nitrogens with zero attached hydrogens (tertiary/aromatic N) is 1. The number of alkyl halides is 3. The molecule has 150 valence electrons. The predicted octanol–water partition coefficient (Wildman–Crippen LogP) is 5.82. The van der Waals surface area contributed by atoms with Crippen LogP contribution in [0.1, 0.15) is 11.1 Å². The van der Waals surface area contributed by atoms with E-state index in [1.807, 2.05) is 0 Å². The first-order valence-electron chi connectivity index (χ1n) is 8.26. The summed E-state index contributed by atoms with van der Waals surface area (Å²) in [4.78, 5) is 16.6. The number of amides is 1. The minimum absolute atomic E-state index is 0.0366. The number of ether oxygens (including phenoxy) is 1. The Morgan fingerprint density at radius 3 is 2.59 bits per heavy atom. The minimum atomic E-state index is -4.59. The lowest BCUT2D eigenvalue weighted by Gasteiger charge is -2.09. The lowest BCUT2D eigenvalue weighted by molar-refractivity contribution is -0.137. The highest BCUT2D eigenvalue weighted by molar-refractivity contribution is 8.18. The largest absolute Gasteiger partial charge is 0.490 e. The average Bonchev–Trinajstić information content (AvgIpc) is 3.00. The van der Waals surface area contributed by atoms with Gasteiger partial charge in [-0.25, -0.2) is 4.99 Å². The molecule has 0 unspecified atom stereocenters. The number of aliphatic imine (C=N–C) groups is 1. The Kier molecular flexibility index (Phi) is 6.34. The summed E-state index contributed by atoms with van der Waals surface area (Å²) in [6.45, 7) is 3.96. The van der Waals surface area contributed by atoms with Crippen molar-refractivity contribution in [3.63, 3.8) is 0 Å². The third kappa shape index (κ3) is 5.42. The summed E-state index contributed by atoms with van der Waals surface area (Å²) in [6, 6.07) is 10.4. The van der Waals surface area contributed by atoms with Crippen LogP contribution in [0.15, 0.2) is 65.0 Å². The van der Waals surface area contributed by atoms with Crippen LogP contribution in [0.5, 0.6) is 5.75 Å². The van der Waals surface area contributed by atoms with E-state index in [9.17, 15) is 18.0 Å². The van der Waals surface area contributed by atoms with Gasteiger partial charge in [-0.1, -0.05) is 36.4 Å². The molecule has 3 rings (SSSR count). The number of nitrogens with one attached hydrogen (secondary N) is 1. The maximum absolute atomic E-state index is 13.0. The number of carbonyl (C=O) groups is 1. The number of thioether (sulfide) groups is 1. The van der Waals surface area contributed by atoms with Gasteiger partial charge in [0.2, 0.25) is 0 Å². The molecule has 1 amide bonds. The van der Waals surface area contributed by atoms with Crippen LogP contribution in [0, 0.1) is 0 Å². The van der Waals surface area contributed by atoms with Crippen LogP contribution in [-0.2, 0) is 11.0 Å². The Morgan fingerprint density at radius 1 is 1.21 bits per heavy atom. The summed E-state index contributed by atoms with van der Waals surface area (Å²) in [6.07, 6.45) is -1.30. The quantitative estimate of drug-likeness (QED) is 0.473. The van der Waals surface area contributed by atoms with E-state index in [2.05, 4.69) is 16.9 Å². The van der Waals surface area contributed by atoms with Crippen molar-refractivity contribution in [1.29, 1.82) is 0 Å². The fraction of sp³-hybridized carbons (Fsp3) is 0.100. The van der Waals surface area contributed by atoms with Gasteiger partial charge in [-0.15, -0.1) is 0 Å². The normalized spacial score (nSPS) is 16.9. The van der Waals surface area contributed by atoms with Gasteiger partial charge in [-0.3, -0.25) is 4.79 Å². The highest BCUT2D eigenvalue weighted by Gasteiger charge is 2.33. The number of hydrogen-bond acceptors (Lipinski definition) is 4. The standard InChI is InChI=1S/C20H14ClF3N2O2S/c1-2-9-28-14-6-3-12(4-7-14)10-17-18(27)26-19(29-17)25-13-5-8-16(21)15(11-13)20(22,23)24/h2-8,10-11H,1,9H2,(H,25,26,27). The fourth-order valence-corrected chi connectivity index (χ4v) is 3.43. The smallest absolute Gasteiger partial charge is 0.417 e. The van der Waals surface area contributed by atoms with Crippen LogP contribution in [-0.4, -0.2) is 17.7 Å². The van der Waals surface area contributed by atoms with Gasteiger partial charge in [0.25, 0.3) is 5.91 Å². The summed E-state index contributed by atoms with van der Waals surface area (Å²) in [7, 11) is 0. The van der Waals surface area contributed by atoms with Crippen LogP contribution in [0.25, 0.3) is 6.08 Å². The molecule has 0 atom stereocenters. The molecule has 0 bridgehead atoms. The van der Waals surface area contributed by atoms with Crippen LogP contribution < -0.4 is 10.1 Å². The average molecular weight is 439 g/mol. The van der Waals surface area contributed by atoms with E-state index in [0.717, 1.165) is 29.5 Å². The van der Waals surface area contributed by atoms with E-state index >= 15 is 0 Å². The molecule has 1 aliphatic heterocycles. The number of rotatable bonds is 5. The second-order valence-electron chi connectivity index (χ2n) is 5.81. The fourth-order valence-electron chi connectivity index (χ4n) is 2.36. The van der Waals surface area contributed by atoms with E-state index in [-0.39, 0.29) is 16.8 Å². The first-order valence-corrected chi connectivity index (χ1v) is 9.46. The summed E-state index contributed by atoms with van der Waals surface area (Å²) >= 11 is 6.64. The van der Waals surface area contributed by atoms with E-state index in [4.69, 9.17) is 16.3 Å². The molecule has 29 heavy (non-hydrogen) atoms. The highest BCUT2D eigenvalue weighted by Crippen LogP contribution is 2.37. The summed E-state index contributed by atoms with van der Waals surface area (Å²) in [5.41, 5.74) is -0.180. The van der Waals surface area contributed by atoms with Crippen molar-refractivity contribution in [1.82, 2.24) is 5.32 Å². The second-order valence-corrected chi connectivity index (χ2v) is 7.25. The third-order valence-corrected chi connectivity index (χ3v) is 4.92. The van der Waals surface area contributed by atoms with E-state index in [1.54, 1.807) is 36.4 Å². The lowest BCUT2D eigenvalue weighted by atomic mass is 10.2. The van der Waals surface area contributed by atoms with Crippen LogP contribution in [0.2, 0.25) is 5.02 Å². The molecule has 1 heterocycles. The molecular weight excluding hydrogens is 425 g/mol. The van der Waals surface area contributed by atoms with Gasteiger partial charge < -0.3 is 10.1 Å². The van der Waals surface area contributed by atoms with Gasteiger partial charge >= 0.3 is 6.18 Å². The van der Waals surface area contributed by atoms with Gasteiger partial charge in [0, 0.05) is 0 Å². The number of amidine groups is 1. The first kappa shape index (κ1) is 21.0. The van der Waals surface area contributed by atoms with Crippen molar-refractivity contribution in [3.05, 3.63) is 76.2 Å². The van der Waals surface area contributed by atoms with Crippen molar-refractivity contribution in [3.8, 4) is 5.75 Å². The van der Waals surface area contributed by atoms with E-state index < -0.39 is 16.8 Å². The van der Waals surface area contributed by atoms with Crippen molar-refractivity contribution < 1.29 is 22.7 Å². The number of benzene rings is 2. The molecule has 1 fully saturated rings. The summed E-state index contributed by atoms with van der Waals surface area (Å²) in [5, 5.41) is 2.31. The van der Waals surface area contributed by atoms with Crippen LogP contribution >= 0.6 is 23.4 Å². The Morgan fingerprint density at radius 2 is 1.93 bits per heavy atom. The Labute approximate surface area is 174 Å². The van der Waals surface area contributed by atoms with E-state index in [1.165, 1.54) is 6.07 Å². The first-order chi connectivity index (χ1) is 13.8. The SMILES string of the molecule is C=CCOc1ccc(C=C2SC(=Nc3ccc(Cl)c(C(F)(F)F)c3)NC2=O)cc1. The summed E-state index contributed by atoms with van der Waals surface area (Å²) < 4.78 is 44.3. The predicted molar refractivity (Wildman–Crippen MR) is 109 cm³/mol. The highest BCUT2D eigenvalue weighted by atomic mass is 35.5. The molecule has 1 saturated heterocycles. The van der Waals surface area contributed by atoms with Crippen molar-refractivity contribution in [2.45, 2.75) is 6.18 Å². The van der Waals surface area contributed by atoms with E-state index in [0.29, 0.717) is 17.3 Å². The third-order valence-electron chi connectivity index (χ3n) is 3.68. The van der Waals surface area contributed by atoms with Gasteiger partial charge in [0.15, 0.2) is 5.17 Å². The topological polar surface area (TPSA) is 50.7 Å². The monoisotopic (exact) mass is 438 g/mol. The molecule has 0 radical (unpaired) electrons. The van der Waals surface area contributed by atoms with Gasteiger partial charge in [-0.2, -0.15) is 13.2 Å². The zero-order valence-corrected chi connectivity index (χ0v) is 16.4. The van der Waals surface area contributed by atoms with Crippen LogP contribution in [0.3, 0.4) is 0 Å². The molecule has 0 aliphatic carbocycles. The summed E-state index contributed by atoms with van der Waals surface area (Å²) in [5.74, 6) is 0.284. The zero-order valence-electron chi connectivity index (χ0n) is 14.8. The molecule has 4 nitrogen and oxygen atoms in total. The zero-order chi connectivity index (χ0) is 21.0. The lowest BCUT2D eigenvalue weighted by Crippen LogP contribution is -2.19. The Balaban J connectivity index is 1.78. The molecule has 1 aliphatic rings. The maximum Gasteiger partial charge on any atom is 0.417 e. The Hall–Kier alpha value is -2.71. The van der Waals surface area contributed by atoms with Gasteiger partial charge in [0.05, 0.1) is 21.2 Å². The molecule has 0 saturated carbocycles. The number of carbonyl (C=O) groups excluding carboxylic acids is 1. The molecule has 0 aromatic heterocycles.